The molecule has 12 heteroatoms. The third-order valence-electron chi connectivity index (χ3n) is 5.61. The molecule has 4 rings (SSSR count). The van der Waals surface area contributed by atoms with Crippen LogP contribution >= 0.6 is 23.4 Å². The van der Waals surface area contributed by atoms with Crippen LogP contribution in [-0.4, -0.2) is 70.6 Å². The second-order valence-electron chi connectivity index (χ2n) is 9.75. The van der Waals surface area contributed by atoms with Gasteiger partial charge in [-0.25, -0.2) is 14.8 Å². The number of fused-ring (bicyclic) bond motifs is 1. The van der Waals surface area contributed by atoms with Gasteiger partial charge in [0.15, 0.2) is 16.7 Å². The van der Waals surface area contributed by atoms with Crippen molar-refractivity contribution in [2.75, 3.05) is 37.1 Å². The number of rotatable bonds is 6. The molecule has 2 N–H and O–H groups in total. The average molecular weight is 535 g/mol. The summed E-state index contributed by atoms with van der Waals surface area (Å²) in [6.07, 6.45) is 0. The first-order valence-corrected chi connectivity index (χ1v) is 13.1. The minimum atomic E-state index is -0.295. The summed E-state index contributed by atoms with van der Waals surface area (Å²) in [5, 5.41) is 6.65. The molecule has 2 aliphatic rings. The predicted octanol–water partition coefficient (Wildman–Crippen LogP) is 3.29. The Labute approximate surface area is 220 Å². The van der Waals surface area contributed by atoms with Gasteiger partial charge in [0, 0.05) is 43.8 Å². The molecular weight excluding hydrogens is 504 g/mol. The van der Waals surface area contributed by atoms with Crippen LogP contribution in [0.15, 0.2) is 29.4 Å². The molecule has 3 amide bonds. The molecule has 0 spiro atoms. The van der Waals surface area contributed by atoms with E-state index >= 15 is 0 Å². The molecule has 1 saturated heterocycles. The van der Waals surface area contributed by atoms with Gasteiger partial charge in [0.05, 0.1) is 5.75 Å². The van der Waals surface area contributed by atoms with Crippen LogP contribution in [0.25, 0.3) is 0 Å². The zero-order valence-electron chi connectivity index (χ0n) is 20.8. The van der Waals surface area contributed by atoms with Gasteiger partial charge in [0.2, 0.25) is 12.7 Å². The largest absolute Gasteiger partial charge is 0.454 e. The van der Waals surface area contributed by atoms with Crippen molar-refractivity contribution in [3.05, 3.63) is 35.0 Å². The smallest absolute Gasteiger partial charge is 0.318 e. The first kappa shape index (κ1) is 26.2. The second kappa shape index (κ2) is 11.0. The van der Waals surface area contributed by atoms with Gasteiger partial charge in [-0.05, 0) is 45.4 Å². The molecule has 0 bridgehead atoms. The zero-order valence-corrected chi connectivity index (χ0v) is 22.4. The van der Waals surface area contributed by atoms with Crippen molar-refractivity contribution in [3.8, 4) is 11.5 Å². The summed E-state index contributed by atoms with van der Waals surface area (Å²) in [7, 11) is 0. The number of carbonyl (C=O) groups excluding carboxylic acids is 2. The van der Waals surface area contributed by atoms with Crippen LogP contribution in [0.4, 0.5) is 10.6 Å². The Morgan fingerprint density at radius 3 is 2.69 bits per heavy atom. The van der Waals surface area contributed by atoms with E-state index in [1.165, 1.54) is 11.8 Å². The molecule has 2 aromatic rings. The molecule has 10 nitrogen and oxygen atoms in total. The molecule has 3 heterocycles. The van der Waals surface area contributed by atoms with Crippen LogP contribution in [0.3, 0.4) is 0 Å². The number of urea groups is 1. The lowest BCUT2D eigenvalue weighted by Gasteiger charge is -2.41. The Morgan fingerprint density at radius 2 is 1.94 bits per heavy atom. The van der Waals surface area contributed by atoms with Gasteiger partial charge in [-0.15, -0.1) is 0 Å². The lowest BCUT2D eigenvalue weighted by molar-refractivity contribution is -0.118. The van der Waals surface area contributed by atoms with Gasteiger partial charge in [-0.2, -0.15) is 0 Å². The van der Waals surface area contributed by atoms with Crippen LogP contribution in [0, 0.1) is 0 Å². The van der Waals surface area contributed by atoms with Crippen LogP contribution in [0.5, 0.6) is 11.5 Å². The van der Waals surface area contributed by atoms with Crippen molar-refractivity contribution in [2.24, 2.45) is 0 Å². The molecule has 0 aliphatic carbocycles. The number of ether oxygens (including phenoxy) is 2. The van der Waals surface area contributed by atoms with E-state index in [-0.39, 0.29) is 36.1 Å². The number of thioether (sulfide) groups is 1. The minimum absolute atomic E-state index is 0.00657. The molecule has 1 aromatic heterocycles. The zero-order chi connectivity index (χ0) is 25.9. The SMILES string of the molecule is C[C@@H]1CN(c2cc(Cl)nc(SCC(=O)NCc3ccc4c(c3)OCO4)n2)CCN1C(=O)NC(C)(C)C. The number of aromatic nitrogens is 2. The van der Waals surface area contributed by atoms with Gasteiger partial charge in [-0.3, -0.25) is 4.79 Å². The fraction of sp³-hybridized carbons (Fsp3) is 0.500. The van der Waals surface area contributed by atoms with E-state index in [0.29, 0.717) is 53.8 Å². The highest BCUT2D eigenvalue weighted by Crippen LogP contribution is 2.32. The molecule has 194 valence electrons. The standard InChI is InChI=1S/C24H31ClN6O4S/c1-15-12-30(7-8-31(15)23(33)29-24(2,3)4)20-10-19(25)27-22(28-20)36-13-21(32)26-11-16-5-6-17-18(9-16)35-14-34-17/h5-6,9-10,15H,7-8,11-14H2,1-4H3,(H,26,32)(H,29,33)/t15-/m1/s1. The summed E-state index contributed by atoms with van der Waals surface area (Å²) in [4.78, 5) is 37.8. The van der Waals surface area contributed by atoms with Crippen molar-refractivity contribution in [2.45, 2.75) is 51.0 Å². The number of hydrogen-bond donors (Lipinski definition) is 2. The highest BCUT2D eigenvalue weighted by molar-refractivity contribution is 7.99. The second-order valence-corrected chi connectivity index (χ2v) is 11.1. The maximum Gasteiger partial charge on any atom is 0.318 e. The molecule has 1 aromatic carbocycles. The van der Waals surface area contributed by atoms with Gasteiger partial charge in [-0.1, -0.05) is 29.4 Å². The molecule has 36 heavy (non-hydrogen) atoms. The average Bonchev–Trinajstić information content (AvgIpc) is 3.28. The van der Waals surface area contributed by atoms with E-state index < -0.39 is 0 Å². The normalized spacial score (nSPS) is 17.2. The molecular formula is C24H31ClN6O4S. The number of carbonyl (C=O) groups is 2. The fourth-order valence-corrected chi connectivity index (χ4v) is 4.82. The lowest BCUT2D eigenvalue weighted by Crippen LogP contribution is -2.59. The number of anilines is 1. The number of benzene rings is 1. The number of nitrogens with zero attached hydrogens (tertiary/aromatic N) is 4. The minimum Gasteiger partial charge on any atom is -0.454 e. The fourth-order valence-electron chi connectivity index (χ4n) is 3.90. The number of hydrogen-bond acceptors (Lipinski definition) is 8. The molecule has 0 unspecified atom stereocenters. The van der Waals surface area contributed by atoms with Crippen molar-refractivity contribution in [3.63, 3.8) is 0 Å². The number of halogens is 1. The highest BCUT2D eigenvalue weighted by atomic mass is 35.5. The maximum absolute atomic E-state index is 12.6. The number of nitrogens with one attached hydrogen (secondary N) is 2. The lowest BCUT2D eigenvalue weighted by atomic mass is 10.1. The third kappa shape index (κ3) is 6.85. The quantitative estimate of drug-likeness (QED) is 0.330. The molecule has 1 fully saturated rings. The molecule has 0 saturated carbocycles. The van der Waals surface area contributed by atoms with Gasteiger partial charge in [0.1, 0.15) is 11.0 Å². The third-order valence-corrected chi connectivity index (χ3v) is 6.66. The summed E-state index contributed by atoms with van der Waals surface area (Å²) in [6, 6.07) is 7.21. The predicted molar refractivity (Wildman–Crippen MR) is 139 cm³/mol. The molecule has 2 aliphatic heterocycles. The summed E-state index contributed by atoms with van der Waals surface area (Å²) in [5.74, 6) is 2.08. The van der Waals surface area contributed by atoms with Gasteiger partial charge in [0.25, 0.3) is 0 Å². The van der Waals surface area contributed by atoms with Crippen LogP contribution < -0.4 is 25.0 Å². The van der Waals surface area contributed by atoms with E-state index in [0.717, 1.165) is 5.56 Å². The van der Waals surface area contributed by atoms with E-state index in [1.54, 1.807) is 6.07 Å². The topological polar surface area (TPSA) is 109 Å². The van der Waals surface area contributed by atoms with Crippen molar-refractivity contribution >= 4 is 41.1 Å². The first-order valence-electron chi connectivity index (χ1n) is 11.7. The van der Waals surface area contributed by atoms with E-state index in [4.69, 9.17) is 21.1 Å². The van der Waals surface area contributed by atoms with Crippen LogP contribution in [0.1, 0.15) is 33.3 Å². The van der Waals surface area contributed by atoms with Crippen molar-refractivity contribution in [1.82, 2.24) is 25.5 Å². The summed E-state index contributed by atoms with van der Waals surface area (Å²) in [5.41, 5.74) is 0.625. The van der Waals surface area contributed by atoms with Crippen molar-refractivity contribution in [1.29, 1.82) is 0 Å². The summed E-state index contributed by atoms with van der Waals surface area (Å²) < 4.78 is 10.7. The van der Waals surface area contributed by atoms with E-state index in [9.17, 15) is 9.59 Å². The Hall–Kier alpha value is -2.92. The van der Waals surface area contributed by atoms with Gasteiger partial charge < -0.3 is 29.9 Å². The Morgan fingerprint density at radius 1 is 1.17 bits per heavy atom. The maximum atomic E-state index is 12.6. The molecule has 0 radical (unpaired) electrons. The monoisotopic (exact) mass is 534 g/mol. The first-order chi connectivity index (χ1) is 17.1. The molecule has 1 atom stereocenters. The summed E-state index contributed by atoms with van der Waals surface area (Å²) in [6.45, 7) is 10.3. The van der Waals surface area contributed by atoms with E-state index in [2.05, 4.69) is 25.5 Å². The number of piperazine rings is 1. The Kier molecular flexibility index (Phi) is 7.99. The van der Waals surface area contributed by atoms with E-state index in [1.807, 2.05) is 50.8 Å². The van der Waals surface area contributed by atoms with Gasteiger partial charge >= 0.3 is 6.03 Å². The number of amides is 3. The highest BCUT2D eigenvalue weighted by Gasteiger charge is 2.30. The summed E-state index contributed by atoms with van der Waals surface area (Å²) >= 11 is 7.50. The Bertz CT molecular complexity index is 1130. The van der Waals surface area contributed by atoms with Crippen molar-refractivity contribution < 1.29 is 19.1 Å². The Balaban J connectivity index is 1.30. The van der Waals surface area contributed by atoms with Crippen LogP contribution in [0.2, 0.25) is 5.15 Å². The van der Waals surface area contributed by atoms with Crippen LogP contribution in [-0.2, 0) is 11.3 Å².